The summed E-state index contributed by atoms with van der Waals surface area (Å²) in [5, 5.41) is 11.8. The Kier molecular flexibility index (Phi) is 8.48. The fourth-order valence-electron chi connectivity index (χ4n) is 1.44. The molecule has 0 aromatic rings. The molecule has 17 heavy (non-hydrogen) atoms. The molecule has 0 heterocycles. The van der Waals surface area contributed by atoms with Crippen LogP contribution in [0.1, 0.15) is 53.4 Å². The van der Waals surface area contributed by atoms with Crippen molar-refractivity contribution in [3.8, 4) is 0 Å². The smallest absolute Gasteiger partial charge is 0.144 e. The predicted molar refractivity (Wildman–Crippen MR) is 77.8 cm³/mol. The topological polar surface area (TPSA) is 58.6 Å². The molecule has 0 aliphatic carbocycles. The molecule has 0 aromatic carbocycles. The minimum Gasteiger partial charge on any atom is -0.409 e. The lowest BCUT2D eigenvalue weighted by Crippen LogP contribution is -2.31. The van der Waals surface area contributed by atoms with E-state index in [1.807, 2.05) is 25.6 Å². The second kappa shape index (κ2) is 8.67. The molecule has 0 spiro atoms. The number of amidine groups is 1. The quantitative estimate of drug-likeness (QED) is 0.218. The van der Waals surface area contributed by atoms with E-state index in [1.54, 1.807) is 0 Å². The molecule has 4 heteroatoms. The van der Waals surface area contributed by atoms with Gasteiger partial charge in [-0.05, 0) is 30.3 Å². The number of rotatable bonds is 9. The van der Waals surface area contributed by atoms with Crippen LogP contribution in [0.4, 0.5) is 0 Å². The highest BCUT2D eigenvalue weighted by molar-refractivity contribution is 7.99. The first-order valence-corrected chi connectivity index (χ1v) is 7.65. The van der Waals surface area contributed by atoms with E-state index in [0.717, 1.165) is 18.8 Å². The molecule has 1 atom stereocenters. The Morgan fingerprint density at radius 3 is 2.59 bits per heavy atom. The number of thioether (sulfide) groups is 1. The number of nitrogens with two attached hydrogens (primary N) is 1. The fraction of sp³-hybridized carbons (Fsp3) is 0.923. The largest absolute Gasteiger partial charge is 0.409 e. The van der Waals surface area contributed by atoms with Crippen molar-refractivity contribution in [2.24, 2.45) is 22.2 Å². The van der Waals surface area contributed by atoms with Crippen molar-refractivity contribution in [3.05, 3.63) is 0 Å². The average Bonchev–Trinajstić information content (AvgIpc) is 2.31. The summed E-state index contributed by atoms with van der Waals surface area (Å²) in [6.07, 6.45) is 4.59. The molecule has 102 valence electrons. The van der Waals surface area contributed by atoms with Crippen molar-refractivity contribution >= 4 is 17.6 Å². The van der Waals surface area contributed by atoms with Crippen molar-refractivity contribution < 1.29 is 5.21 Å². The molecule has 0 rings (SSSR count). The van der Waals surface area contributed by atoms with Gasteiger partial charge < -0.3 is 10.9 Å². The molecule has 0 radical (unpaired) electrons. The Morgan fingerprint density at radius 2 is 2.06 bits per heavy atom. The number of hydrogen-bond donors (Lipinski definition) is 2. The molecule has 0 amide bonds. The molecule has 0 fully saturated rings. The van der Waals surface area contributed by atoms with Crippen LogP contribution in [0.15, 0.2) is 5.16 Å². The minimum atomic E-state index is -0.184. The summed E-state index contributed by atoms with van der Waals surface area (Å²) in [4.78, 5) is 0. The summed E-state index contributed by atoms with van der Waals surface area (Å²) in [7, 11) is 0. The Labute approximate surface area is 110 Å². The number of oxime groups is 1. The Morgan fingerprint density at radius 1 is 1.41 bits per heavy atom. The van der Waals surface area contributed by atoms with Gasteiger partial charge in [0.05, 0.1) is 0 Å². The number of unbranched alkanes of at least 4 members (excludes halogenated alkanes) is 1. The predicted octanol–water partition coefficient (Wildman–Crippen LogP) is 3.71. The first-order chi connectivity index (χ1) is 7.94. The second-order valence-corrected chi connectivity index (χ2v) is 6.56. The van der Waals surface area contributed by atoms with Crippen molar-refractivity contribution in [2.75, 3.05) is 11.5 Å². The van der Waals surface area contributed by atoms with Gasteiger partial charge >= 0.3 is 0 Å². The van der Waals surface area contributed by atoms with Crippen LogP contribution < -0.4 is 5.73 Å². The van der Waals surface area contributed by atoms with E-state index in [1.165, 1.54) is 24.3 Å². The molecule has 0 saturated heterocycles. The lowest BCUT2D eigenvalue weighted by Gasteiger charge is -2.22. The molecule has 3 nitrogen and oxygen atoms in total. The van der Waals surface area contributed by atoms with E-state index in [4.69, 9.17) is 10.9 Å². The first-order valence-electron chi connectivity index (χ1n) is 6.49. The van der Waals surface area contributed by atoms with Crippen LogP contribution in [0, 0.1) is 11.3 Å². The van der Waals surface area contributed by atoms with Gasteiger partial charge in [0, 0.05) is 5.41 Å². The van der Waals surface area contributed by atoms with Gasteiger partial charge in [0.2, 0.25) is 0 Å². The van der Waals surface area contributed by atoms with Gasteiger partial charge in [-0.3, -0.25) is 0 Å². The van der Waals surface area contributed by atoms with Crippen LogP contribution in [0.25, 0.3) is 0 Å². The SMILES string of the molecule is CCC(C)CSCCCCC(C)(C)C(N)=NO. The number of nitrogens with zero attached hydrogens (tertiary/aromatic N) is 1. The van der Waals surface area contributed by atoms with Crippen LogP contribution in [-0.2, 0) is 0 Å². The van der Waals surface area contributed by atoms with Gasteiger partial charge in [0.25, 0.3) is 0 Å². The molecule has 1 unspecified atom stereocenters. The molecule has 0 saturated carbocycles. The first kappa shape index (κ1) is 16.6. The normalized spacial score (nSPS) is 14.9. The summed E-state index contributed by atoms with van der Waals surface area (Å²) in [6, 6.07) is 0. The minimum absolute atomic E-state index is 0.184. The third-order valence-electron chi connectivity index (χ3n) is 3.24. The van der Waals surface area contributed by atoms with Gasteiger partial charge in [-0.25, -0.2) is 0 Å². The van der Waals surface area contributed by atoms with Crippen LogP contribution >= 0.6 is 11.8 Å². The van der Waals surface area contributed by atoms with Crippen molar-refractivity contribution in [3.63, 3.8) is 0 Å². The van der Waals surface area contributed by atoms with Gasteiger partial charge in [-0.2, -0.15) is 11.8 Å². The maximum atomic E-state index is 8.66. The fourth-order valence-corrected chi connectivity index (χ4v) is 2.65. The molecule has 0 bridgehead atoms. The number of hydrogen-bond acceptors (Lipinski definition) is 3. The maximum absolute atomic E-state index is 8.66. The third-order valence-corrected chi connectivity index (χ3v) is 4.62. The molecular weight excluding hydrogens is 232 g/mol. The second-order valence-electron chi connectivity index (χ2n) is 5.41. The Bertz CT molecular complexity index is 229. The van der Waals surface area contributed by atoms with Crippen molar-refractivity contribution in [1.82, 2.24) is 0 Å². The Balaban J connectivity index is 3.58. The van der Waals surface area contributed by atoms with E-state index in [-0.39, 0.29) is 5.41 Å². The van der Waals surface area contributed by atoms with Gasteiger partial charge in [-0.15, -0.1) is 0 Å². The van der Waals surface area contributed by atoms with Gasteiger partial charge in [0.15, 0.2) is 0 Å². The zero-order valence-electron chi connectivity index (χ0n) is 11.7. The molecular formula is C13H28N2OS. The lowest BCUT2D eigenvalue weighted by molar-refractivity contribution is 0.304. The van der Waals surface area contributed by atoms with Gasteiger partial charge in [0.1, 0.15) is 5.84 Å². The van der Waals surface area contributed by atoms with E-state index < -0.39 is 0 Å². The van der Waals surface area contributed by atoms with E-state index in [9.17, 15) is 0 Å². The van der Waals surface area contributed by atoms with Crippen molar-refractivity contribution in [1.29, 1.82) is 0 Å². The van der Waals surface area contributed by atoms with E-state index in [0.29, 0.717) is 5.84 Å². The zero-order valence-corrected chi connectivity index (χ0v) is 12.5. The van der Waals surface area contributed by atoms with Crippen molar-refractivity contribution in [2.45, 2.75) is 53.4 Å². The highest BCUT2D eigenvalue weighted by Gasteiger charge is 2.22. The summed E-state index contributed by atoms with van der Waals surface area (Å²) in [5.41, 5.74) is 5.46. The maximum Gasteiger partial charge on any atom is 0.144 e. The highest BCUT2D eigenvalue weighted by atomic mass is 32.2. The van der Waals surface area contributed by atoms with Crippen LogP contribution in [0.3, 0.4) is 0 Å². The van der Waals surface area contributed by atoms with Gasteiger partial charge in [-0.1, -0.05) is 45.7 Å². The summed E-state index contributed by atoms with van der Waals surface area (Å²) in [6.45, 7) is 8.59. The molecule has 0 aliphatic rings. The third kappa shape index (κ3) is 7.53. The van der Waals surface area contributed by atoms with E-state index in [2.05, 4.69) is 19.0 Å². The van der Waals surface area contributed by atoms with Crippen LogP contribution in [0.5, 0.6) is 0 Å². The molecule has 0 aliphatic heterocycles. The average molecular weight is 260 g/mol. The zero-order chi connectivity index (χ0) is 13.3. The summed E-state index contributed by atoms with van der Waals surface area (Å²) in [5.74, 6) is 3.65. The monoisotopic (exact) mass is 260 g/mol. The molecule has 0 aromatic heterocycles. The summed E-state index contributed by atoms with van der Waals surface area (Å²) < 4.78 is 0. The highest BCUT2D eigenvalue weighted by Crippen LogP contribution is 2.24. The lowest BCUT2D eigenvalue weighted by atomic mass is 9.86. The Hall–Kier alpha value is -0.380. The van der Waals surface area contributed by atoms with Crippen LogP contribution in [0.2, 0.25) is 0 Å². The summed E-state index contributed by atoms with van der Waals surface area (Å²) >= 11 is 2.04. The standard InChI is InChI=1S/C13H28N2OS/c1-5-11(2)10-17-9-7-6-8-13(3,4)12(14)15-16/h11,16H,5-10H2,1-4H3,(H2,14,15). The van der Waals surface area contributed by atoms with E-state index >= 15 is 0 Å². The molecule has 3 N–H and O–H groups in total. The van der Waals surface area contributed by atoms with Crippen LogP contribution in [-0.4, -0.2) is 22.5 Å².